The van der Waals surface area contributed by atoms with Crippen LogP contribution in [0.2, 0.25) is 0 Å². The predicted octanol–water partition coefficient (Wildman–Crippen LogP) is -4.29. The molecule has 1 heterocycles. The van der Waals surface area contributed by atoms with Gasteiger partial charge in [0.15, 0.2) is 0 Å². The van der Waals surface area contributed by atoms with E-state index in [4.69, 9.17) is 5.73 Å². The Morgan fingerprint density at radius 2 is 1.12 bits per heavy atom. The van der Waals surface area contributed by atoms with Crippen LogP contribution in [0.3, 0.4) is 0 Å². The van der Waals surface area contributed by atoms with E-state index in [1.165, 1.54) is 21.6 Å². The third-order valence-corrected chi connectivity index (χ3v) is 6.86. The fourth-order valence-electron chi connectivity index (χ4n) is 2.22. The molecule has 14 nitrogen and oxygen atoms in total. The maximum absolute atomic E-state index is 12.1. The zero-order valence-electron chi connectivity index (χ0n) is 17.9. The molecule has 1 aliphatic rings. The molecule has 0 aromatic rings. The van der Waals surface area contributed by atoms with Gasteiger partial charge in [-0.3, -0.25) is 33.6 Å². The van der Waals surface area contributed by atoms with Crippen molar-refractivity contribution in [3.63, 3.8) is 0 Å². The highest BCUT2D eigenvalue weighted by Crippen LogP contribution is 2.29. The first-order chi connectivity index (χ1) is 15.6. The summed E-state index contributed by atoms with van der Waals surface area (Å²) in [5.74, 6) is -4.01. The van der Waals surface area contributed by atoms with Crippen LogP contribution in [-0.4, -0.2) is 91.1 Å². The molecule has 0 saturated carbocycles. The molecule has 0 aromatic carbocycles. The average Bonchev–Trinajstić information content (AvgIpc) is 2.77. The summed E-state index contributed by atoms with van der Waals surface area (Å²) in [5, 5.41) is 13.5. The minimum atomic E-state index is -1.02. The first kappa shape index (κ1) is 28.0. The Labute approximate surface area is 197 Å². The van der Waals surface area contributed by atoms with Crippen LogP contribution < -0.4 is 37.6 Å². The summed E-state index contributed by atoms with van der Waals surface area (Å²) in [4.78, 5) is 82.5. The third kappa shape index (κ3) is 12.6. The van der Waals surface area contributed by atoms with Gasteiger partial charge in [-0.05, 0) is 6.92 Å². The first-order valence-electron chi connectivity index (χ1n) is 9.79. The normalized spacial score (nSPS) is 23.7. The van der Waals surface area contributed by atoms with Crippen LogP contribution in [0.5, 0.6) is 0 Å². The van der Waals surface area contributed by atoms with E-state index in [0.717, 1.165) is 0 Å². The summed E-state index contributed by atoms with van der Waals surface area (Å²) >= 11 is 0. The summed E-state index contributed by atoms with van der Waals surface area (Å²) in [5.41, 5.74) is 5.36. The molecule has 7 amide bonds. The molecule has 1 fully saturated rings. The van der Waals surface area contributed by atoms with E-state index in [0.29, 0.717) is 5.75 Å². The average molecular weight is 506 g/mol. The molecular formula is C17H27N7O7S2. The molecule has 184 valence electrons. The van der Waals surface area contributed by atoms with Crippen molar-refractivity contribution in [2.24, 2.45) is 5.73 Å². The van der Waals surface area contributed by atoms with E-state index in [9.17, 15) is 33.6 Å². The number of hydrogen-bond donors (Lipinski definition) is 7. The number of rotatable bonds is 1. The Kier molecular flexibility index (Phi) is 12.7. The summed E-state index contributed by atoms with van der Waals surface area (Å²) in [6, 6.07) is -1.02. The monoisotopic (exact) mass is 505 g/mol. The molecule has 1 aliphatic heterocycles. The van der Waals surface area contributed by atoms with Crippen molar-refractivity contribution in [3.05, 3.63) is 0 Å². The van der Waals surface area contributed by atoms with Crippen LogP contribution in [0.4, 0.5) is 0 Å². The molecule has 0 spiro atoms. The summed E-state index contributed by atoms with van der Waals surface area (Å²) in [6.07, 6.45) is 0.0902. The molecule has 8 N–H and O–H groups in total. The highest BCUT2D eigenvalue weighted by atomic mass is 33.1. The van der Waals surface area contributed by atoms with E-state index >= 15 is 0 Å². The van der Waals surface area contributed by atoms with Crippen LogP contribution >= 0.6 is 21.6 Å². The molecule has 1 rings (SSSR count). The van der Waals surface area contributed by atoms with Gasteiger partial charge in [0.2, 0.25) is 41.4 Å². The molecular weight excluding hydrogens is 478 g/mol. The van der Waals surface area contributed by atoms with Gasteiger partial charge >= 0.3 is 0 Å². The van der Waals surface area contributed by atoms with Crippen molar-refractivity contribution in [1.29, 1.82) is 0 Å². The van der Waals surface area contributed by atoms with E-state index in [1.807, 2.05) is 0 Å². The Bertz CT molecular complexity index is 781. The van der Waals surface area contributed by atoms with Gasteiger partial charge < -0.3 is 37.6 Å². The third-order valence-electron chi connectivity index (χ3n) is 3.96. The lowest BCUT2D eigenvalue weighted by Gasteiger charge is -2.21. The molecule has 0 bridgehead atoms. The van der Waals surface area contributed by atoms with Crippen LogP contribution in [-0.2, 0) is 33.6 Å². The van der Waals surface area contributed by atoms with Gasteiger partial charge in [-0.25, -0.2) is 0 Å². The van der Waals surface area contributed by atoms with Crippen LogP contribution in [0.25, 0.3) is 0 Å². The van der Waals surface area contributed by atoms with Gasteiger partial charge in [-0.1, -0.05) is 21.6 Å². The first-order valence-corrected chi connectivity index (χ1v) is 12.2. The standard InChI is InChI=1S/C17H27N7O7S2/c1-9-16(17(18)31)24-15(30)8-23-14(29)7-22-13(28)6-21-12(27)5-20-11(26)4-19-10(25)2-3-32-33-9/h9,16H,2-8H2,1H3,(H2,18,31)(H,19,25)(H,20,26)(H,21,27)(H,22,28)(H,23,29)(H,24,30). The Balaban J connectivity index is 2.72. The second-order valence-electron chi connectivity index (χ2n) is 6.70. The van der Waals surface area contributed by atoms with Crippen molar-refractivity contribution in [3.8, 4) is 0 Å². The SMILES string of the molecule is CC1SSCCC(=O)NCC(=O)NCC(=O)NCC(=O)NCC(=O)NCC(=O)NC1C(N)=O. The van der Waals surface area contributed by atoms with Crippen molar-refractivity contribution >= 4 is 62.9 Å². The van der Waals surface area contributed by atoms with Crippen molar-refractivity contribution in [1.82, 2.24) is 31.9 Å². The molecule has 16 heteroatoms. The second kappa shape index (κ2) is 14.9. The predicted molar refractivity (Wildman–Crippen MR) is 120 cm³/mol. The minimum absolute atomic E-state index is 0.0902. The molecule has 0 aliphatic carbocycles. The van der Waals surface area contributed by atoms with Crippen molar-refractivity contribution < 1.29 is 33.6 Å². The highest BCUT2D eigenvalue weighted by molar-refractivity contribution is 8.77. The molecule has 1 saturated heterocycles. The zero-order chi connectivity index (χ0) is 24.8. The Hall–Kier alpha value is -3.01. The smallest absolute Gasteiger partial charge is 0.241 e. The molecule has 0 radical (unpaired) electrons. The summed E-state index contributed by atoms with van der Waals surface area (Å²) in [7, 11) is 2.52. The fourth-order valence-corrected chi connectivity index (χ4v) is 4.63. The maximum atomic E-state index is 12.1. The summed E-state index contributed by atoms with van der Waals surface area (Å²) < 4.78 is 0. The quantitative estimate of drug-likeness (QED) is 0.171. The number of carbonyl (C=O) groups excluding carboxylic acids is 7. The van der Waals surface area contributed by atoms with Gasteiger partial charge in [-0.15, -0.1) is 0 Å². The second-order valence-corrected chi connectivity index (χ2v) is 9.57. The van der Waals surface area contributed by atoms with Gasteiger partial charge in [0.05, 0.1) is 32.7 Å². The number of carbonyl (C=O) groups is 7. The minimum Gasteiger partial charge on any atom is -0.368 e. The number of nitrogens with two attached hydrogens (primary N) is 1. The van der Waals surface area contributed by atoms with Crippen LogP contribution in [0.15, 0.2) is 0 Å². The molecule has 0 aromatic heterocycles. The topological polar surface area (TPSA) is 218 Å². The number of amides is 7. The van der Waals surface area contributed by atoms with E-state index in [2.05, 4.69) is 31.9 Å². The highest BCUT2D eigenvalue weighted by Gasteiger charge is 2.25. The van der Waals surface area contributed by atoms with E-state index in [-0.39, 0.29) is 18.9 Å². The number of primary amides is 1. The van der Waals surface area contributed by atoms with Gasteiger partial charge in [0, 0.05) is 17.4 Å². The zero-order valence-corrected chi connectivity index (χ0v) is 19.5. The van der Waals surface area contributed by atoms with Crippen LogP contribution in [0, 0.1) is 0 Å². The van der Waals surface area contributed by atoms with Gasteiger partial charge in [0.1, 0.15) is 6.04 Å². The largest absolute Gasteiger partial charge is 0.368 e. The van der Waals surface area contributed by atoms with Gasteiger partial charge in [-0.2, -0.15) is 0 Å². The Morgan fingerprint density at radius 1 is 0.727 bits per heavy atom. The Morgan fingerprint density at radius 3 is 1.55 bits per heavy atom. The van der Waals surface area contributed by atoms with Crippen molar-refractivity contribution in [2.75, 3.05) is 38.5 Å². The lowest BCUT2D eigenvalue weighted by Crippen LogP contribution is -2.52. The molecule has 2 unspecified atom stereocenters. The maximum Gasteiger partial charge on any atom is 0.241 e. The van der Waals surface area contributed by atoms with E-state index in [1.54, 1.807) is 6.92 Å². The fraction of sp³-hybridized carbons (Fsp3) is 0.588. The molecule has 33 heavy (non-hydrogen) atoms. The summed E-state index contributed by atoms with van der Waals surface area (Å²) in [6.45, 7) is -0.385. The number of hydrogen-bond acceptors (Lipinski definition) is 9. The van der Waals surface area contributed by atoms with Gasteiger partial charge in [0.25, 0.3) is 0 Å². The number of nitrogens with one attached hydrogen (secondary N) is 6. The van der Waals surface area contributed by atoms with Crippen molar-refractivity contribution in [2.45, 2.75) is 24.6 Å². The molecule has 2 atom stereocenters. The van der Waals surface area contributed by atoms with Crippen LogP contribution in [0.1, 0.15) is 13.3 Å². The lowest BCUT2D eigenvalue weighted by atomic mass is 10.2. The lowest BCUT2D eigenvalue weighted by molar-refractivity contribution is -0.130. The van der Waals surface area contributed by atoms with E-state index < -0.39 is 72.9 Å².